The summed E-state index contributed by atoms with van der Waals surface area (Å²) in [5.74, 6) is 0.395. The molecule has 2 aliphatic rings. The zero-order valence-electron chi connectivity index (χ0n) is 17.5. The highest BCUT2D eigenvalue weighted by atomic mass is 16.5. The van der Waals surface area contributed by atoms with E-state index >= 15 is 0 Å². The van der Waals surface area contributed by atoms with Crippen LogP contribution in [-0.2, 0) is 13.0 Å². The van der Waals surface area contributed by atoms with E-state index in [1.54, 1.807) is 4.57 Å². The van der Waals surface area contributed by atoms with Crippen LogP contribution in [0.2, 0.25) is 0 Å². The highest BCUT2D eigenvalue weighted by Gasteiger charge is 2.29. The first-order chi connectivity index (χ1) is 14.7. The predicted molar refractivity (Wildman–Crippen MR) is 118 cm³/mol. The van der Waals surface area contributed by atoms with Crippen LogP contribution in [0.4, 0.5) is 0 Å². The maximum atomic E-state index is 13.2. The number of carbonyl (C=O) groups is 1. The lowest BCUT2D eigenvalue weighted by molar-refractivity contribution is 0.0787. The van der Waals surface area contributed by atoms with E-state index in [1.807, 2.05) is 23.1 Å². The number of nitrogens with zero attached hydrogens (tertiary/aromatic N) is 3. The molecule has 30 heavy (non-hydrogen) atoms. The van der Waals surface area contributed by atoms with Gasteiger partial charge in [0.05, 0.1) is 7.11 Å². The Morgan fingerprint density at radius 2 is 1.83 bits per heavy atom. The molecule has 1 fully saturated rings. The summed E-state index contributed by atoms with van der Waals surface area (Å²) < 4.78 is 7.24. The molecule has 6 nitrogen and oxygen atoms in total. The molecule has 0 spiro atoms. The summed E-state index contributed by atoms with van der Waals surface area (Å²) in [4.78, 5) is 30.2. The molecule has 6 heteroatoms. The van der Waals surface area contributed by atoms with Gasteiger partial charge in [-0.2, -0.15) is 0 Å². The van der Waals surface area contributed by atoms with Crippen LogP contribution in [0.25, 0.3) is 6.08 Å². The fourth-order valence-electron chi connectivity index (χ4n) is 4.35. The van der Waals surface area contributed by atoms with Crippen molar-refractivity contribution in [3.8, 4) is 5.75 Å². The molecule has 158 valence electrons. The zero-order chi connectivity index (χ0) is 20.9. The monoisotopic (exact) mass is 407 g/mol. The van der Waals surface area contributed by atoms with Crippen LogP contribution in [0.15, 0.2) is 47.3 Å². The largest absolute Gasteiger partial charge is 0.496 e. The van der Waals surface area contributed by atoms with Gasteiger partial charge >= 0.3 is 0 Å². The average Bonchev–Trinajstić information content (AvgIpc) is 3.22. The van der Waals surface area contributed by atoms with Crippen LogP contribution in [0.1, 0.15) is 34.5 Å². The molecular formula is C24H29N3O3. The number of amides is 1. The first kappa shape index (κ1) is 20.4. The number of fused-ring (bicyclic) bond motifs is 1. The number of benzene rings is 1. The molecule has 0 radical (unpaired) electrons. The Morgan fingerprint density at radius 3 is 2.57 bits per heavy atom. The van der Waals surface area contributed by atoms with Crippen molar-refractivity contribution < 1.29 is 9.53 Å². The Morgan fingerprint density at radius 1 is 1.07 bits per heavy atom. The van der Waals surface area contributed by atoms with Crippen LogP contribution >= 0.6 is 0 Å². The third-order valence-electron chi connectivity index (χ3n) is 5.99. The van der Waals surface area contributed by atoms with Crippen LogP contribution in [0.3, 0.4) is 0 Å². The Labute approximate surface area is 177 Å². The molecule has 0 bridgehead atoms. The minimum absolute atomic E-state index is 0.00877. The van der Waals surface area contributed by atoms with Gasteiger partial charge in [0, 0.05) is 57.4 Å². The second-order valence-corrected chi connectivity index (χ2v) is 7.89. The molecule has 1 amide bonds. The van der Waals surface area contributed by atoms with E-state index in [2.05, 4.69) is 29.2 Å². The Bertz CT molecular complexity index is 975. The van der Waals surface area contributed by atoms with Crippen molar-refractivity contribution in [3.05, 3.63) is 69.6 Å². The van der Waals surface area contributed by atoms with Crippen molar-refractivity contribution in [2.24, 2.45) is 0 Å². The highest BCUT2D eigenvalue weighted by Crippen LogP contribution is 2.26. The summed E-state index contributed by atoms with van der Waals surface area (Å²) in [7, 11) is 1.53. The van der Waals surface area contributed by atoms with E-state index in [0.29, 0.717) is 24.3 Å². The maximum absolute atomic E-state index is 13.2. The molecule has 1 aromatic heterocycles. The predicted octanol–water partition coefficient (Wildman–Crippen LogP) is 2.66. The molecule has 3 heterocycles. The fourth-order valence-corrected chi connectivity index (χ4v) is 4.35. The SMILES string of the molecule is COc1cc(=O)n2c(c1C(=O)N1CCCC1)CCN(C/C=C/c1ccccc1)CC2. The van der Waals surface area contributed by atoms with Crippen molar-refractivity contribution in [3.63, 3.8) is 0 Å². The second kappa shape index (κ2) is 9.30. The standard InChI is InChI=1S/C24H29N3O3/c1-30-21-18-22(28)27-17-16-25(12-7-10-19-8-3-2-4-9-19)15-11-20(27)23(21)24(29)26-13-5-6-14-26/h2-4,7-10,18H,5-6,11-17H2,1H3/b10-7+. The van der Waals surface area contributed by atoms with Crippen molar-refractivity contribution in [2.75, 3.05) is 39.8 Å². The lowest BCUT2D eigenvalue weighted by Crippen LogP contribution is -2.33. The molecule has 1 saturated heterocycles. The minimum Gasteiger partial charge on any atom is -0.496 e. The van der Waals surface area contributed by atoms with Crippen molar-refractivity contribution >= 4 is 12.0 Å². The summed E-state index contributed by atoms with van der Waals surface area (Å²) in [5.41, 5.74) is 2.46. The van der Waals surface area contributed by atoms with E-state index in [9.17, 15) is 9.59 Å². The second-order valence-electron chi connectivity index (χ2n) is 7.89. The normalized spacial score (nSPS) is 17.2. The van der Waals surface area contributed by atoms with E-state index in [4.69, 9.17) is 4.74 Å². The van der Waals surface area contributed by atoms with Crippen molar-refractivity contribution in [1.29, 1.82) is 0 Å². The number of hydrogen-bond donors (Lipinski definition) is 0. The lowest BCUT2D eigenvalue weighted by Gasteiger charge is -2.21. The van der Waals surface area contributed by atoms with Crippen molar-refractivity contribution in [2.45, 2.75) is 25.8 Å². The van der Waals surface area contributed by atoms with E-state index in [1.165, 1.54) is 18.7 Å². The quantitative estimate of drug-likeness (QED) is 0.765. The number of pyridine rings is 1. The van der Waals surface area contributed by atoms with E-state index in [-0.39, 0.29) is 11.5 Å². The third kappa shape index (κ3) is 4.33. The fraction of sp³-hybridized carbons (Fsp3) is 0.417. The summed E-state index contributed by atoms with van der Waals surface area (Å²) in [6, 6.07) is 11.7. The number of methoxy groups -OCH3 is 1. The summed E-state index contributed by atoms with van der Waals surface area (Å²) in [6.45, 7) is 4.51. The van der Waals surface area contributed by atoms with Gasteiger partial charge in [-0.25, -0.2) is 0 Å². The van der Waals surface area contributed by atoms with Crippen molar-refractivity contribution in [1.82, 2.24) is 14.4 Å². The van der Waals surface area contributed by atoms with Crippen LogP contribution < -0.4 is 10.3 Å². The number of hydrogen-bond acceptors (Lipinski definition) is 4. The number of carbonyl (C=O) groups excluding carboxylic acids is 1. The molecule has 4 rings (SSSR count). The molecule has 0 aliphatic carbocycles. The Balaban J connectivity index is 1.55. The highest BCUT2D eigenvalue weighted by molar-refractivity contribution is 5.98. The first-order valence-corrected chi connectivity index (χ1v) is 10.7. The molecule has 2 aromatic rings. The van der Waals surface area contributed by atoms with Gasteiger partial charge in [-0.15, -0.1) is 0 Å². The summed E-state index contributed by atoms with van der Waals surface area (Å²) in [5, 5.41) is 0. The maximum Gasteiger partial charge on any atom is 0.259 e. The topological polar surface area (TPSA) is 54.8 Å². The first-order valence-electron chi connectivity index (χ1n) is 10.7. The Kier molecular flexibility index (Phi) is 6.33. The smallest absolute Gasteiger partial charge is 0.259 e. The number of likely N-dealkylation sites (tertiary alicyclic amines) is 1. The van der Waals surface area contributed by atoms with Gasteiger partial charge in [0.25, 0.3) is 11.5 Å². The van der Waals surface area contributed by atoms with E-state index < -0.39 is 0 Å². The molecule has 1 aromatic carbocycles. The van der Waals surface area contributed by atoms with Gasteiger partial charge in [0.15, 0.2) is 0 Å². The Hall–Kier alpha value is -2.86. The number of rotatable bonds is 5. The molecule has 0 saturated carbocycles. The van der Waals surface area contributed by atoms with Gasteiger partial charge in [-0.3, -0.25) is 14.5 Å². The molecule has 0 unspecified atom stereocenters. The average molecular weight is 408 g/mol. The van der Waals surface area contributed by atoms with Gasteiger partial charge < -0.3 is 14.2 Å². The summed E-state index contributed by atoms with van der Waals surface area (Å²) in [6.07, 6.45) is 7.00. The number of ether oxygens (including phenoxy) is 1. The van der Waals surface area contributed by atoms with Gasteiger partial charge in [-0.05, 0) is 18.4 Å². The van der Waals surface area contributed by atoms with Gasteiger partial charge in [0.2, 0.25) is 0 Å². The van der Waals surface area contributed by atoms with Gasteiger partial charge in [0.1, 0.15) is 11.3 Å². The lowest BCUT2D eigenvalue weighted by atomic mass is 10.1. The van der Waals surface area contributed by atoms with E-state index in [0.717, 1.165) is 51.3 Å². The van der Waals surface area contributed by atoms with Crippen LogP contribution in [0.5, 0.6) is 5.75 Å². The van der Waals surface area contributed by atoms with Crippen LogP contribution in [0, 0.1) is 0 Å². The third-order valence-corrected chi connectivity index (χ3v) is 5.99. The zero-order valence-corrected chi connectivity index (χ0v) is 17.5. The molecule has 0 N–H and O–H groups in total. The molecule has 2 aliphatic heterocycles. The summed E-state index contributed by atoms with van der Waals surface area (Å²) >= 11 is 0. The molecular weight excluding hydrogens is 378 g/mol. The minimum atomic E-state index is -0.0958. The van der Waals surface area contributed by atoms with Crippen LogP contribution in [-0.4, -0.2) is 60.1 Å². The molecule has 0 atom stereocenters. The van der Waals surface area contributed by atoms with Gasteiger partial charge in [-0.1, -0.05) is 42.5 Å². The number of aromatic nitrogens is 1.